The van der Waals surface area contributed by atoms with Crippen molar-refractivity contribution in [3.63, 3.8) is 0 Å². The van der Waals surface area contributed by atoms with Crippen molar-refractivity contribution >= 4 is 17.2 Å². The fourth-order valence-corrected chi connectivity index (χ4v) is 4.77. The Kier molecular flexibility index (Phi) is 2.58. The molecule has 2 rings (SSSR count). The van der Waals surface area contributed by atoms with Gasteiger partial charge in [0.2, 0.25) is 0 Å². The molecule has 0 saturated heterocycles. The molecule has 0 N–H and O–H groups in total. The van der Waals surface area contributed by atoms with Crippen LogP contribution in [0, 0.1) is 0 Å². The molecule has 0 amide bonds. The zero-order valence-electron chi connectivity index (χ0n) is 6.77. The van der Waals surface area contributed by atoms with Gasteiger partial charge in [-0.25, -0.2) is 0 Å². The molecule has 0 aromatic heterocycles. The fourth-order valence-electron chi connectivity index (χ4n) is 1.25. The highest BCUT2D eigenvalue weighted by molar-refractivity contribution is 6.76. The molecule has 0 aliphatic heterocycles. The Balaban J connectivity index is 1.93. The monoisotopic (exact) mass is 186 g/mol. The lowest BCUT2D eigenvalue weighted by Gasteiger charge is -1.96. The van der Waals surface area contributed by atoms with Crippen molar-refractivity contribution in [1.29, 1.82) is 0 Å². The lowest BCUT2D eigenvalue weighted by Crippen LogP contribution is -1.96. The van der Waals surface area contributed by atoms with Gasteiger partial charge in [0.25, 0.3) is 0 Å². The first-order valence-corrected chi connectivity index (χ1v) is 7.32. The summed E-state index contributed by atoms with van der Waals surface area (Å²) in [4.78, 5) is 0. The molecule has 0 nitrogen and oxygen atoms in total. The van der Waals surface area contributed by atoms with Crippen molar-refractivity contribution in [2.45, 2.75) is 11.1 Å². The maximum absolute atomic E-state index is 2.30. The first-order valence-electron chi connectivity index (χ1n) is 4.16. The normalized spacial score (nSPS) is 22.3. The van der Waals surface area contributed by atoms with Crippen molar-refractivity contribution in [2.75, 3.05) is 0 Å². The van der Waals surface area contributed by atoms with Gasteiger partial charge in [-0.2, -0.15) is 0 Å². The molecule has 0 bridgehead atoms. The Morgan fingerprint density at radius 3 is 1.25 bits per heavy atom. The molecular formula is C10H10Si2. The van der Waals surface area contributed by atoms with Crippen LogP contribution < -0.4 is 0 Å². The highest BCUT2D eigenvalue weighted by atomic mass is 28.9. The van der Waals surface area contributed by atoms with Crippen molar-refractivity contribution in [3.8, 4) is 0 Å². The Hall–Kier alpha value is -0.606. The first-order chi connectivity index (χ1) is 5.95. The minimum Gasteiger partial charge on any atom is -0.0775 e. The minimum absolute atomic E-state index is 0.741. The molecule has 0 spiro atoms. The predicted molar refractivity (Wildman–Crippen MR) is 55.6 cm³/mol. The van der Waals surface area contributed by atoms with Gasteiger partial charge in [-0.05, 0) is 0 Å². The van der Waals surface area contributed by atoms with E-state index in [9.17, 15) is 0 Å². The van der Waals surface area contributed by atoms with Crippen molar-refractivity contribution < 1.29 is 0 Å². The van der Waals surface area contributed by atoms with Crippen molar-refractivity contribution in [1.82, 2.24) is 0 Å². The summed E-state index contributed by atoms with van der Waals surface area (Å²) in [5, 5.41) is 0. The number of rotatable bonds is 2. The predicted octanol–water partition coefficient (Wildman–Crippen LogP) is 2.14. The van der Waals surface area contributed by atoms with E-state index in [0.717, 1.165) is 28.3 Å². The summed E-state index contributed by atoms with van der Waals surface area (Å²) in [6, 6.07) is 0. The van der Waals surface area contributed by atoms with E-state index in [1.54, 1.807) is 0 Å². The lowest BCUT2D eigenvalue weighted by atomic mass is 10.5. The molecule has 2 radical (unpaired) electrons. The van der Waals surface area contributed by atoms with Crippen molar-refractivity contribution in [2.24, 2.45) is 0 Å². The van der Waals surface area contributed by atoms with Gasteiger partial charge in [-0.1, -0.05) is 48.6 Å². The van der Waals surface area contributed by atoms with E-state index in [-0.39, 0.29) is 0 Å². The fraction of sp³-hybridized carbons (Fsp3) is 0.200. The molecule has 0 heterocycles. The highest BCUT2D eigenvalue weighted by Crippen LogP contribution is 2.14. The number of allylic oxidation sites excluding steroid dienone is 8. The van der Waals surface area contributed by atoms with E-state index >= 15 is 0 Å². The zero-order chi connectivity index (χ0) is 8.23. The van der Waals surface area contributed by atoms with Crippen LogP contribution in [0.2, 0.25) is 11.1 Å². The second kappa shape index (κ2) is 3.87. The second-order valence-electron chi connectivity index (χ2n) is 2.88. The summed E-state index contributed by atoms with van der Waals surface area (Å²) >= 11 is 0. The lowest BCUT2D eigenvalue weighted by molar-refractivity contribution is 1.40. The Labute approximate surface area is 77.3 Å². The average Bonchev–Trinajstić information content (AvgIpc) is 2.74. The molecule has 0 aromatic carbocycles. The largest absolute Gasteiger partial charge is 0.0775 e. The Bertz CT molecular complexity index is 241. The van der Waals surface area contributed by atoms with E-state index in [1.165, 1.54) is 0 Å². The molecule has 0 aromatic rings. The highest BCUT2D eigenvalue weighted by Gasteiger charge is 2.02. The van der Waals surface area contributed by atoms with E-state index in [1.807, 2.05) is 0 Å². The average molecular weight is 186 g/mol. The summed E-state index contributed by atoms with van der Waals surface area (Å²) in [7, 11) is 2.14. The van der Waals surface area contributed by atoms with Crippen LogP contribution in [0.5, 0.6) is 0 Å². The van der Waals surface area contributed by atoms with Crippen molar-refractivity contribution in [3.05, 3.63) is 48.6 Å². The summed E-state index contributed by atoms with van der Waals surface area (Å²) < 4.78 is 0. The maximum atomic E-state index is 2.30. The summed E-state index contributed by atoms with van der Waals surface area (Å²) in [5.41, 5.74) is 1.48. The first kappa shape index (κ1) is 8.01. The van der Waals surface area contributed by atoms with Gasteiger partial charge < -0.3 is 0 Å². The summed E-state index contributed by atoms with van der Waals surface area (Å²) in [6.07, 6.45) is 17.8. The van der Waals surface area contributed by atoms with Crippen LogP contribution in [-0.2, 0) is 0 Å². The topological polar surface area (TPSA) is 0 Å². The maximum Gasteiger partial charge on any atom is 0.00759 e. The summed E-state index contributed by atoms with van der Waals surface area (Å²) in [6.45, 7) is 0. The van der Waals surface area contributed by atoms with Crippen LogP contribution in [-0.4, -0.2) is 17.2 Å². The quantitative estimate of drug-likeness (QED) is 0.580. The van der Waals surface area contributed by atoms with Crippen LogP contribution in [0.15, 0.2) is 48.6 Å². The molecule has 58 valence electrons. The van der Waals surface area contributed by atoms with Crippen LogP contribution in [0.3, 0.4) is 0 Å². The van der Waals surface area contributed by atoms with Gasteiger partial charge in [-0.3, -0.25) is 0 Å². The molecule has 2 aliphatic rings. The molecule has 2 heteroatoms. The summed E-state index contributed by atoms with van der Waals surface area (Å²) in [5.74, 6) is 0. The standard InChI is InChI=1S/C10H10Si2/c1-2-6-9(5-1)11-12-10-7-3-4-8-10/h1-10H. The molecule has 12 heavy (non-hydrogen) atoms. The molecule has 0 atom stereocenters. The van der Waals surface area contributed by atoms with E-state index in [0.29, 0.717) is 0 Å². The van der Waals surface area contributed by atoms with E-state index in [4.69, 9.17) is 0 Å². The SMILES string of the molecule is C1=CC([Si]=[Si]C2C=CC=C2)C=C1. The van der Waals surface area contributed by atoms with Gasteiger partial charge in [0.1, 0.15) is 0 Å². The smallest absolute Gasteiger partial charge is 0.00759 e. The van der Waals surface area contributed by atoms with E-state index in [2.05, 4.69) is 48.6 Å². The minimum atomic E-state index is 0.741. The molecule has 0 saturated carbocycles. The second-order valence-corrected chi connectivity index (χ2v) is 6.52. The van der Waals surface area contributed by atoms with Gasteiger partial charge in [0.05, 0.1) is 0 Å². The molecule has 2 aliphatic carbocycles. The zero-order valence-corrected chi connectivity index (χ0v) is 8.77. The molecule has 0 unspecified atom stereocenters. The van der Waals surface area contributed by atoms with Crippen LogP contribution in [0.4, 0.5) is 0 Å². The van der Waals surface area contributed by atoms with Crippen LogP contribution in [0.25, 0.3) is 0 Å². The van der Waals surface area contributed by atoms with Gasteiger partial charge >= 0.3 is 0 Å². The van der Waals surface area contributed by atoms with Gasteiger partial charge in [0.15, 0.2) is 0 Å². The molecular weight excluding hydrogens is 176 g/mol. The van der Waals surface area contributed by atoms with Gasteiger partial charge in [-0.15, -0.1) is 0 Å². The third-order valence-electron chi connectivity index (χ3n) is 1.91. The molecule has 0 fully saturated rings. The third-order valence-corrected chi connectivity index (χ3v) is 6.02. The van der Waals surface area contributed by atoms with E-state index < -0.39 is 0 Å². The number of hydrogen-bond acceptors (Lipinski definition) is 0. The van der Waals surface area contributed by atoms with Gasteiger partial charge in [0, 0.05) is 28.3 Å². The number of hydrogen-bond donors (Lipinski definition) is 0. The Morgan fingerprint density at radius 1 is 0.583 bits per heavy atom. The third kappa shape index (κ3) is 1.96. The Morgan fingerprint density at radius 2 is 0.917 bits per heavy atom. The van der Waals surface area contributed by atoms with Crippen LogP contribution in [0.1, 0.15) is 0 Å². The van der Waals surface area contributed by atoms with Crippen LogP contribution >= 0.6 is 0 Å².